The lowest BCUT2D eigenvalue weighted by Gasteiger charge is -2.12. The summed E-state index contributed by atoms with van der Waals surface area (Å²) in [4.78, 5) is 4.41. The number of nitrogens with zero attached hydrogens (tertiary/aromatic N) is 1. The van der Waals surface area contributed by atoms with Crippen LogP contribution in [0.1, 0.15) is 5.56 Å². The Morgan fingerprint density at radius 3 is 2.84 bits per heavy atom. The maximum absolute atomic E-state index is 5.26. The van der Waals surface area contributed by atoms with Crippen LogP contribution < -0.4 is 10.1 Å². The molecule has 0 aliphatic carbocycles. The number of allylic oxidation sites excluding steroid dienone is 1. The van der Waals surface area contributed by atoms with Gasteiger partial charge in [0, 0.05) is 17.5 Å². The van der Waals surface area contributed by atoms with Crippen LogP contribution in [0.25, 0.3) is 5.70 Å². The lowest BCUT2D eigenvalue weighted by Crippen LogP contribution is -1.98. The molecule has 3 nitrogen and oxygen atoms in total. The molecular formula is C16H14N2O. The molecule has 3 heteroatoms. The van der Waals surface area contributed by atoms with E-state index in [2.05, 4.69) is 10.3 Å². The Labute approximate surface area is 112 Å². The average Bonchev–Trinajstić information content (AvgIpc) is 2.69. The zero-order chi connectivity index (χ0) is 13.1. The summed E-state index contributed by atoms with van der Waals surface area (Å²) in [5, 5.41) is 3.41. The van der Waals surface area contributed by atoms with Gasteiger partial charge in [0.2, 0.25) is 0 Å². The van der Waals surface area contributed by atoms with E-state index in [1.165, 1.54) is 0 Å². The van der Waals surface area contributed by atoms with Crippen molar-refractivity contribution < 1.29 is 4.74 Å². The fraction of sp³-hybridized carbons (Fsp3) is 0.0625. The highest BCUT2D eigenvalue weighted by atomic mass is 16.5. The number of anilines is 1. The molecule has 0 aromatic heterocycles. The highest BCUT2D eigenvalue weighted by Crippen LogP contribution is 2.30. The van der Waals surface area contributed by atoms with Crippen molar-refractivity contribution in [2.45, 2.75) is 0 Å². The van der Waals surface area contributed by atoms with Crippen LogP contribution in [-0.2, 0) is 0 Å². The first kappa shape index (κ1) is 11.5. The zero-order valence-corrected chi connectivity index (χ0v) is 10.6. The van der Waals surface area contributed by atoms with E-state index in [4.69, 9.17) is 4.74 Å². The molecule has 0 spiro atoms. The van der Waals surface area contributed by atoms with Crippen LogP contribution in [0.3, 0.4) is 0 Å². The van der Waals surface area contributed by atoms with Crippen LogP contribution in [0.5, 0.6) is 5.75 Å². The average molecular weight is 250 g/mol. The van der Waals surface area contributed by atoms with Crippen molar-refractivity contribution in [3.8, 4) is 5.75 Å². The minimum Gasteiger partial charge on any atom is -0.497 e. The third kappa shape index (κ3) is 2.36. The molecule has 1 N–H and O–H groups in total. The normalized spacial score (nSPS) is 13.0. The van der Waals surface area contributed by atoms with E-state index < -0.39 is 0 Å². The predicted octanol–water partition coefficient (Wildman–Crippen LogP) is 3.86. The number of rotatable bonds is 2. The summed E-state index contributed by atoms with van der Waals surface area (Å²) in [6.45, 7) is 0. The van der Waals surface area contributed by atoms with Crippen LogP contribution in [0.15, 0.2) is 59.6 Å². The molecule has 0 saturated carbocycles. The number of methoxy groups -OCH3 is 1. The molecule has 3 rings (SSSR count). The molecule has 1 aliphatic rings. The van der Waals surface area contributed by atoms with Gasteiger partial charge in [0.05, 0.1) is 18.5 Å². The molecule has 0 amide bonds. The zero-order valence-electron chi connectivity index (χ0n) is 10.6. The monoisotopic (exact) mass is 250 g/mol. The second kappa shape index (κ2) is 4.98. The Hall–Kier alpha value is -2.55. The summed E-state index contributed by atoms with van der Waals surface area (Å²) < 4.78 is 5.26. The summed E-state index contributed by atoms with van der Waals surface area (Å²) in [6.07, 6.45) is 3.78. The van der Waals surface area contributed by atoms with Crippen molar-refractivity contribution in [3.63, 3.8) is 0 Å². The van der Waals surface area contributed by atoms with E-state index in [0.29, 0.717) is 0 Å². The fourth-order valence-electron chi connectivity index (χ4n) is 2.03. The van der Waals surface area contributed by atoms with Gasteiger partial charge in [-0.05, 0) is 30.3 Å². The maximum atomic E-state index is 5.26. The van der Waals surface area contributed by atoms with E-state index in [1.54, 1.807) is 7.11 Å². The smallest absolute Gasteiger partial charge is 0.119 e. The van der Waals surface area contributed by atoms with Gasteiger partial charge in [0.1, 0.15) is 5.75 Å². The first-order chi connectivity index (χ1) is 9.36. The maximum Gasteiger partial charge on any atom is 0.119 e. The predicted molar refractivity (Wildman–Crippen MR) is 79.2 cm³/mol. The lowest BCUT2D eigenvalue weighted by molar-refractivity contribution is 0.414. The van der Waals surface area contributed by atoms with Gasteiger partial charge in [-0.3, -0.25) is 4.99 Å². The number of benzene rings is 2. The van der Waals surface area contributed by atoms with Gasteiger partial charge in [-0.1, -0.05) is 24.3 Å². The summed E-state index contributed by atoms with van der Waals surface area (Å²) >= 11 is 0. The minimum absolute atomic E-state index is 0.842. The number of fused-ring (bicyclic) bond motifs is 1. The molecule has 0 unspecified atom stereocenters. The number of hydrogen-bond donors (Lipinski definition) is 1. The fourth-order valence-corrected chi connectivity index (χ4v) is 2.03. The van der Waals surface area contributed by atoms with Crippen molar-refractivity contribution in [2.75, 3.05) is 12.4 Å². The summed E-state index contributed by atoms with van der Waals surface area (Å²) in [6, 6.07) is 15.9. The van der Waals surface area contributed by atoms with Crippen molar-refractivity contribution in [1.29, 1.82) is 0 Å². The molecule has 0 bridgehead atoms. The van der Waals surface area contributed by atoms with E-state index >= 15 is 0 Å². The molecule has 1 aliphatic heterocycles. The second-order valence-electron chi connectivity index (χ2n) is 4.23. The molecule has 2 aromatic rings. The van der Waals surface area contributed by atoms with E-state index in [-0.39, 0.29) is 0 Å². The lowest BCUT2D eigenvalue weighted by atomic mass is 10.1. The van der Waals surface area contributed by atoms with Gasteiger partial charge in [-0.2, -0.15) is 0 Å². The summed E-state index contributed by atoms with van der Waals surface area (Å²) in [7, 11) is 1.67. The highest BCUT2D eigenvalue weighted by Gasteiger charge is 2.08. The van der Waals surface area contributed by atoms with Crippen LogP contribution in [0.2, 0.25) is 0 Å². The third-order valence-corrected chi connectivity index (χ3v) is 3.01. The number of ether oxygens (including phenoxy) is 1. The number of hydrogen-bond acceptors (Lipinski definition) is 3. The molecular weight excluding hydrogens is 236 g/mol. The largest absolute Gasteiger partial charge is 0.497 e. The Kier molecular flexibility index (Phi) is 3.02. The Morgan fingerprint density at radius 1 is 1.05 bits per heavy atom. The molecule has 0 atom stereocenters. The number of aliphatic imine (C=N–C) groups is 1. The standard InChI is InChI=1S/C16H14N2O/c1-19-13-6-4-5-12(11-13)14-9-10-17-15-7-2-3-8-16(15)18-14/h2-11,18H,1H3. The van der Waals surface area contributed by atoms with Crippen LogP contribution in [-0.4, -0.2) is 13.3 Å². The number of para-hydroxylation sites is 2. The molecule has 1 heterocycles. The van der Waals surface area contributed by atoms with Gasteiger partial charge >= 0.3 is 0 Å². The van der Waals surface area contributed by atoms with Gasteiger partial charge in [-0.15, -0.1) is 0 Å². The van der Waals surface area contributed by atoms with Gasteiger partial charge in [0.15, 0.2) is 0 Å². The molecule has 2 aromatic carbocycles. The van der Waals surface area contributed by atoms with E-state index in [0.717, 1.165) is 28.4 Å². The molecule has 0 radical (unpaired) electrons. The summed E-state index contributed by atoms with van der Waals surface area (Å²) in [5.74, 6) is 0.842. The van der Waals surface area contributed by atoms with Crippen LogP contribution in [0, 0.1) is 0 Å². The Morgan fingerprint density at radius 2 is 1.95 bits per heavy atom. The van der Waals surface area contributed by atoms with Crippen LogP contribution in [0.4, 0.5) is 11.4 Å². The Balaban J connectivity index is 1.99. The first-order valence-electron chi connectivity index (χ1n) is 6.11. The van der Waals surface area contributed by atoms with E-state index in [9.17, 15) is 0 Å². The van der Waals surface area contributed by atoms with Gasteiger partial charge in [0.25, 0.3) is 0 Å². The number of nitrogens with one attached hydrogen (secondary N) is 1. The molecule has 19 heavy (non-hydrogen) atoms. The molecule has 0 fully saturated rings. The summed E-state index contributed by atoms with van der Waals surface area (Å²) in [5.41, 5.74) is 4.03. The minimum atomic E-state index is 0.842. The first-order valence-corrected chi connectivity index (χ1v) is 6.11. The topological polar surface area (TPSA) is 33.6 Å². The van der Waals surface area contributed by atoms with Gasteiger partial charge in [-0.25, -0.2) is 0 Å². The molecule has 94 valence electrons. The second-order valence-corrected chi connectivity index (χ2v) is 4.23. The highest BCUT2D eigenvalue weighted by molar-refractivity contribution is 5.95. The van der Waals surface area contributed by atoms with Gasteiger partial charge < -0.3 is 10.1 Å². The van der Waals surface area contributed by atoms with E-state index in [1.807, 2.05) is 60.8 Å². The van der Waals surface area contributed by atoms with Crippen LogP contribution >= 0.6 is 0 Å². The van der Waals surface area contributed by atoms with Crippen molar-refractivity contribution in [3.05, 3.63) is 60.2 Å². The third-order valence-electron chi connectivity index (χ3n) is 3.01. The SMILES string of the molecule is COc1cccc(C2=CC=Nc3ccccc3N2)c1. The Bertz CT molecular complexity index is 659. The van der Waals surface area contributed by atoms with Crippen molar-refractivity contribution >= 4 is 23.3 Å². The quantitative estimate of drug-likeness (QED) is 0.878. The molecule has 0 saturated heterocycles. The van der Waals surface area contributed by atoms with Crippen molar-refractivity contribution in [1.82, 2.24) is 0 Å². The van der Waals surface area contributed by atoms with Crippen molar-refractivity contribution in [2.24, 2.45) is 4.99 Å².